The normalized spacial score (nSPS) is 14.1. The molecule has 0 spiro atoms. The van der Waals surface area contributed by atoms with E-state index in [9.17, 15) is 22.4 Å². The maximum absolute atomic E-state index is 13.6. The van der Waals surface area contributed by atoms with Crippen LogP contribution in [0.3, 0.4) is 0 Å². The van der Waals surface area contributed by atoms with Crippen LogP contribution >= 0.6 is 34.5 Å². The van der Waals surface area contributed by atoms with Crippen molar-refractivity contribution in [2.75, 3.05) is 13.1 Å². The van der Waals surface area contributed by atoms with Gasteiger partial charge in [-0.15, -0.1) is 11.3 Å². The van der Waals surface area contributed by atoms with Crippen LogP contribution in [0.2, 0.25) is 10.0 Å². The molecule has 5 nitrogen and oxygen atoms in total. The highest BCUT2D eigenvalue weighted by molar-refractivity contribution is 7.16. The molecular formula is C27H18Cl2F4N4OS. The molecule has 0 radical (unpaired) electrons. The van der Waals surface area contributed by atoms with E-state index >= 15 is 0 Å². The van der Waals surface area contributed by atoms with Crippen LogP contribution < -0.4 is 5.73 Å². The van der Waals surface area contributed by atoms with Crippen molar-refractivity contribution in [1.29, 1.82) is 0 Å². The Morgan fingerprint density at radius 3 is 2.41 bits per heavy atom. The molecule has 0 bridgehead atoms. The minimum atomic E-state index is -4.42. The quantitative estimate of drug-likeness (QED) is 0.210. The van der Waals surface area contributed by atoms with Gasteiger partial charge >= 0.3 is 6.18 Å². The van der Waals surface area contributed by atoms with Crippen molar-refractivity contribution in [2.24, 2.45) is 5.73 Å². The SMILES string of the molecule is NC(=O)c1nn(-c2ccc(Cl)cc2Cl)c(-c2ccc(C#Cc3ccc(C(F)(F)F)cc3)s2)c1CN1CC(F)C1. The number of carbonyl (C=O) groups is 1. The first-order valence-corrected chi connectivity index (χ1v) is 13.1. The maximum atomic E-state index is 13.6. The number of halogens is 6. The van der Waals surface area contributed by atoms with Crippen LogP contribution in [0.25, 0.3) is 16.3 Å². The van der Waals surface area contributed by atoms with E-state index < -0.39 is 23.8 Å². The maximum Gasteiger partial charge on any atom is 0.416 e. The van der Waals surface area contributed by atoms with Crippen LogP contribution in [0.15, 0.2) is 54.6 Å². The highest BCUT2D eigenvalue weighted by atomic mass is 35.5. The highest BCUT2D eigenvalue weighted by Crippen LogP contribution is 2.37. The second kappa shape index (κ2) is 10.7. The lowest BCUT2D eigenvalue weighted by molar-refractivity contribution is -0.137. The number of hydrogen-bond donors (Lipinski definition) is 1. The zero-order valence-corrected chi connectivity index (χ0v) is 22.2. The first kappa shape index (κ1) is 27.2. The van der Waals surface area contributed by atoms with Crippen LogP contribution in [0, 0.1) is 11.8 Å². The molecule has 2 aromatic heterocycles. The Morgan fingerprint density at radius 2 is 1.79 bits per heavy atom. The molecule has 0 aliphatic carbocycles. The van der Waals surface area contributed by atoms with Gasteiger partial charge in [0.25, 0.3) is 5.91 Å². The van der Waals surface area contributed by atoms with Gasteiger partial charge in [0.05, 0.1) is 31.7 Å². The standard InChI is InChI=1S/C27H18Cl2F4N4OS/c28-17-6-9-22(21(29)11-17)37-25(20(24(35-37)26(34)38)14-36-12-18(30)13-36)23-10-8-19(39-23)7-3-15-1-4-16(5-2-15)27(31,32)33/h1-2,4-6,8-11,18H,12-14H2,(H2,34,38). The molecule has 0 unspecified atom stereocenters. The summed E-state index contributed by atoms with van der Waals surface area (Å²) in [5, 5.41) is 5.19. The predicted octanol–water partition coefficient (Wildman–Crippen LogP) is 6.58. The van der Waals surface area contributed by atoms with Crippen LogP contribution in [0.5, 0.6) is 0 Å². The highest BCUT2D eigenvalue weighted by Gasteiger charge is 2.32. The molecule has 1 amide bonds. The lowest BCUT2D eigenvalue weighted by Gasteiger charge is -2.34. The number of nitrogens with two attached hydrogens (primary N) is 1. The average molecular weight is 593 g/mol. The Morgan fingerprint density at radius 1 is 1.08 bits per heavy atom. The fourth-order valence-electron chi connectivity index (χ4n) is 4.15. The van der Waals surface area contributed by atoms with Gasteiger partial charge < -0.3 is 5.73 Å². The molecule has 4 aromatic rings. The van der Waals surface area contributed by atoms with E-state index in [-0.39, 0.29) is 25.3 Å². The topological polar surface area (TPSA) is 64.2 Å². The van der Waals surface area contributed by atoms with Gasteiger partial charge in [-0.1, -0.05) is 35.0 Å². The van der Waals surface area contributed by atoms with Crippen LogP contribution in [-0.2, 0) is 12.7 Å². The first-order valence-electron chi connectivity index (χ1n) is 11.5. The molecule has 39 heavy (non-hydrogen) atoms. The number of benzene rings is 2. The van der Waals surface area contributed by atoms with Gasteiger partial charge in [-0.25, -0.2) is 9.07 Å². The van der Waals surface area contributed by atoms with E-state index in [2.05, 4.69) is 16.9 Å². The summed E-state index contributed by atoms with van der Waals surface area (Å²) in [6.07, 6.45) is -5.37. The molecule has 1 aliphatic heterocycles. The van der Waals surface area contributed by atoms with Crippen molar-refractivity contribution in [1.82, 2.24) is 14.7 Å². The van der Waals surface area contributed by atoms with Crippen molar-refractivity contribution in [3.63, 3.8) is 0 Å². The Labute approximate surface area is 234 Å². The predicted molar refractivity (Wildman–Crippen MR) is 143 cm³/mol. The van der Waals surface area contributed by atoms with Gasteiger partial charge in [0.1, 0.15) is 6.17 Å². The third-order valence-corrected chi connectivity index (χ3v) is 7.58. The van der Waals surface area contributed by atoms with Crippen molar-refractivity contribution in [3.8, 4) is 28.1 Å². The fraction of sp³-hybridized carbons (Fsp3) is 0.185. The number of rotatable bonds is 5. The number of hydrogen-bond acceptors (Lipinski definition) is 4. The van der Waals surface area contributed by atoms with Gasteiger partial charge in [-0.05, 0) is 54.6 Å². The summed E-state index contributed by atoms with van der Waals surface area (Å²) in [4.78, 5) is 15.5. The van der Waals surface area contributed by atoms with Gasteiger partial charge in [0, 0.05) is 35.8 Å². The van der Waals surface area contributed by atoms with Gasteiger partial charge in [-0.3, -0.25) is 9.69 Å². The van der Waals surface area contributed by atoms with E-state index in [1.54, 1.807) is 30.3 Å². The van der Waals surface area contributed by atoms with E-state index in [0.29, 0.717) is 42.3 Å². The zero-order valence-electron chi connectivity index (χ0n) is 19.9. The number of primary amides is 1. The van der Waals surface area contributed by atoms with Gasteiger partial charge in [-0.2, -0.15) is 18.3 Å². The summed E-state index contributed by atoms with van der Waals surface area (Å²) in [6, 6.07) is 13.0. The smallest absolute Gasteiger partial charge is 0.364 e. The fourth-order valence-corrected chi connectivity index (χ4v) is 5.55. The molecule has 2 aromatic carbocycles. The minimum absolute atomic E-state index is 0.0316. The van der Waals surface area contributed by atoms with Crippen molar-refractivity contribution in [3.05, 3.63) is 91.9 Å². The molecule has 1 fully saturated rings. The summed E-state index contributed by atoms with van der Waals surface area (Å²) >= 11 is 13.9. The largest absolute Gasteiger partial charge is 0.416 e. The molecule has 200 valence electrons. The van der Waals surface area contributed by atoms with Gasteiger partial charge in [0.2, 0.25) is 0 Å². The zero-order chi connectivity index (χ0) is 27.9. The molecule has 1 saturated heterocycles. The summed E-state index contributed by atoms with van der Waals surface area (Å²) in [6.45, 7) is 0.682. The lowest BCUT2D eigenvalue weighted by Crippen LogP contribution is -2.47. The van der Waals surface area contributed by atoms with Gasteiger partial charge in [0.15, 0.2) is 5.69 Å². The monoisotopic (exact) mass is 592 g/mol. The van der Waals surface area contributed by atoms with E-state index in [4.69, 9.17) is 28.9 Å². The Bertz CT molecular complexity index is 1610. The Hall–Kier alpha value is -3.36. The number of likely N-dealkylation sites (tertiary alicyclic amines) is 1. The molecule has 0 atom stereocenters. The molecule has 12 heteroatoms. The van der Waals surface area contributed by atoms with Crippen LogP contribution in [0.1, 0.15) is 32.1 Å². The lowest BCUT2D eigenvalue weighted by atomic mass is 10.1. The molecule has 2 N–H and O–H groups in total. The molecule has 3 heterocycles. The summed E-state index contributed by atoms with van der Waals surface area (Å²) < 4.78 is 53.6. The molecular weight excluding hydrogens is 575 g/mol. The minimum Gasteiger partial charge on any atom is -0.364 e. The second-order valence-electron chi connectivity index (χ2n) is 8.83. The van der Waals surface area contributed by atoms with Crippen molar-refractivity contribution < 1.29 is 22.4 Å². The van der Waals surface area contributed by atoms with Crippen molar-refractivity contribution in [2.45, 2.75) is 18.9 Å². The number of aromatic nitrogens is 2. The summed E-state index contributed by atoms with van der Waals surface area (Å²) in [7, 11) is 0. The number of thiophene rings is 1. The Kier molecular flexibility index (Phi) is 7.44. The molecule has 1 aliphatic rings. The number of alkyl halides is 4. The second-order valence-corrected chi connectivity index (χ2v) is 10.8. The summed E-state index contributed by atoms with van der Waals surface area (Å²) in [5.41, 5.74) is 6.91. The Balaban J connectivity index is 1.57. The van der Waals surface area contributed by atoms with E-state index in [1.165, 1.54) is 28.2 Å². The molecule has 5 rings (SSSR count). The van der Waals surface area contributed by atoms with E-state index in [0.717, 1.165) is 12.1 Å². The van der Waals surface area contributed by atoms with Crippen molar-refractivity contribution >= 4 is 40.4 Å². The van der Waals surface area contributed by atoms with Crippen LogP contribution in [-0.4, -0.2) is 39.8 Å². The number of nitrogens with zero attached hydrogens (tertiary/aromatic N) is 3. The average Bonchev–Trinajstić information content (AvgIpc) is 3.46. The summed E-state index contributed by atoms with van der Waals surface area (Å²) in [5.74, 6) is 5.09. The third-order valence-electron chi connectivity index (χ3n) is 6.03. The molecule has 0 saturated carbocycles. The first-order chi connectivity index (χ1) is 18.5. The number of amides is 1. The number of carbonyl (C=O) groups excluding carboxylic acids is 1. The van der Waals surface area contributed by atoms with E-state index in [1.807, 2.05) is 4.90 Å². The third kappa shape index (κ3) is 5.82. The van der Waals surface area contributed by atoms with Crippen LogP contribution in [0.4, 0.5) is 17.6 Å².